The molecular formula is C23H35NO3. The largest absolute Gasteiger partial charge is 0.464 e. The van der Waals surface area contributed by atoms with Crippen LogP contribution in [-0.4, -0.2) is 24.5 Å². The van der Waals surface area contributed by atoms with Gasteiger partial charge in [0, 0.05) is 5.56 Å². The van der Waals surface area contributed by atoms with Crippen molar-refractivity contribution in [1.29, 1.82) is 0 Å². The minimum atomic E-state index is -0.645. The highest BCUT2D eigenvalue weighted by Gasteiger charge is 2.17. The lowest BCUT2D eigenvalue weighted by Crippen LogP contribution is -2.39. The highest BCUT2D eigenvalue weighted by Crippen LogP contribution is 2.09. The maximum atomic E-state index is 12.2. The molecule has 1 atom stereocenters. The number of unbranched alkanes of at least 4 members (excludes halogenated alkanes) is 7. The maximum absolute atomic E-state index is 12.2. The summed E-state index contributed by atoms with van der Waals surface area (Å²) in [5.41, 5.74) is 1.73. The molecule has 0 saturated carbocycles. The second-order valence-electron chi connectivity index (χ2n) is 6.97. The van der Waals surface area contributed by atoms with Gasteiger partial charge in [-0.2, -0.15) is 0 Å². The van der Waals surface area contributed by atoms with Gasteiger partial charge in [-0.3, -0.25) is 4.79 Å². The molecule has 0 saturated heterocycles. The van der Waals surface area contributed by atoms with Crippen molar-refractivity contribution in [1.82, 2.24) is 5.32 Å². The van der Waals surface area contributed by atoms with Crippen molar-refractivity contribution in [3.05, 3.63) is 48.0 Å². The van der Waals surface area contributed by atoms with E-state index in [1.807, 2.05) is 18.2 Å². The Kier molecular flexibility index (Phi) is 11.9. The molecule has 0 aliphatic rings. The molecule has 1 amide bonds. The zero-order valence-corrected chi connectivity index (χ0v) is 17.0. The number of nitrogens with one attached hydrogen (secondary N) is 1. The van der Waals surface area contributed by atoms with E-state index in [4.69, 9.17) is 4.74 Å². The fourth-order valence-electron chi connectivity index (χ4n) is 2.80. The first kappa shape index (κ1) is 22.9. The van der Waals surface area contributed by atoms with Crippen molar-refractivity contribution in [2.45, 2.75) is 77.7 Å². The first-order valence-corrected chi connectivity index (χ1v) is 10.3. The summed E-state index contributed by atoms with van der Waals surface area (Å²) < 4.78 is 5.27. The number of hydrogen-bond donors (Lipinski definition) is 1. The number of allylic oxidation sites excluding steroid dienone is 1. The van der Waals surface area contributed by atoms with E-state index in [0.717, 1.165) is 25.7 Å². The monoisotopic (exact) mass is 373 g/mol. The van der Waals surface area contributed by atoms with E-state index in [1.54, 1.807) is 19.1 Å². The normalized spacial score (nSPS) is 11.6. The van der Waals surface area contributed by atoms with Crippen molar-refractivity contribution in [3.63, 3.8) is 0 Å². The number of aryl methyl sites for hydroxylation is 1. The third kappa shape index (κ3) is 9.97. The zero-order valence-electron chi connectivity index (χ0n) is 17.0. The molecule has 0 heterocycles. The molecule has 150 valence electrons. The quantitative estimate of drug-likeness (QED) is 0.276. The molecule has 1 unspecified atom stereocenters. The number of carbonyl (C=O) groups excluding carboxylic acids is 2. The highest BCUT2D eigenvalue weighted by atomic mass is 16.5. The predicted octanol–water partition coefficient (Wildman–Crippen LogP) is 5.22. The number of ether oxygens (including phenoxy) is 1. The van der Waals surface area contributed by atoms with Crippen LogP contribution >= 0.6 is 0 Å². The van der Waals surface area contributed by atoms with Crippen LogP contribution in [0.5, 0.6) is 0 Å². The molecule has 0 aliphatic carbocycles. The van der Waals surface area contributed by atoms with Gasteiger partial charge in [0.2, 0.25) is 0 Å². The molecule has 4 heteroatoms. The Morgan fingerprint density at radius 3 is 2.22 bits per heavy atom. The van der Waals surface area contributed by atoms with Gasteiger partial charge in [-0.1, -0.05) is 57.2 Å². The predicted molar refractivity (Wildman–Crippen MR) is 111 cm³/mol. The summed E-state index contributed by atoms with van der Waals surface area (Å²) in [5.74, 6) is -0.628. The van der Waals surface area contributed by atoms with Crippen molar-refractivity contribution in [2.75, 3.05) is 6.61 Å². The topological polar surface area (TPSA) is 55.4 Å². The van der Waals surface area contributed by atoms with Crippen molar-refractivity contribution in [3.8, 4) is 0 Å². The van der Waals surface area contributed by atoms with E-state index < -0.39 is 6.04 Å². The minimum Gasteiger partial charge on any atom is -0.464 e. The average molecular weight is 374 g/mol. The van der Waals surface area contributed by atoms with E-state index in [1.165, 1.54) is 37.7 Å². The number of rotatable bonds is 14. The van der Waals surface area contributed by atoms with Gasteiger partial charge < -0.3 is 10.1 Å². The summed E-state index contributed by atoms with van der Waals surface area (Å²) in [7, 11) is 0. The molecule has 4 nitrogen and oxygen atoms in total. The molecule has 0 spiro atoms. The molecule has 27 heavy (non-hydrogen) atoms. The van der Waals surface area contributed by atoms with Gasteiger partial charge in [-0.05, 0) is 50.3 Å². The number of hydrogen-bond acceptors (Lipinski definition) is 3. The molecule has 0 aliphatic heterocycles. The lowest BCUT2D eigenvalue weighted by molar-refractivity contribution is -0.145. The van der Waals surface area contributed by atoms with Crippen LogP contribution in [0.25, 0.3) is 0 Å². The average Bonchev–Trinajstić information content (AvgIpc) is 2.69. The van der Waals surface area contributed by atoms with Crippen LogP contribution < -0.4 is 5.32 Å². The first-order valence-electron chi connectivity index (χ1n) is 10.3. The fourth-order valence-corrected chi connectivity index (χ4v) is 2.80. The Labute approximate surface area is 164 Å². The van der Waals surface area contributed by atoms with Crippen LogP contribution in [0, 0.1) is 0 Å². The molecule has 0 fully saturated rings. The third-order valence-corrected chi connectivity index (χ3v) is 4.62. The molecule has 1 aromatic carbocycles. The van der Waals surface area contributed by atoms with Crippen molar-refractivity contribution >= 4 is 11.9 Å². The highest BCUT2D eigenvalue weighted by molar-refractivity contribution is 5.96. The minimum absolute atomic E-state index is 0.251. The molecule has 0 aromatic heterocycles. The van der Waals surface area contributed by atoms with Gasteiger partial charge in [0.1, 0.15) is 6.04 Å². The van der Waals surface area contributed by atoms with E-state index in [-0.39, 0.29) is 11.9 Å². The maximum Gasteiger partial charge on any atom is 0.328 e. The number of esters is 1. The van der Waals surface area contributed by atoms with Crippen LogP contribution in [0.1, 0.15) is 81.1 Å². The second kappa shape index (κ2) is 14.0. The number of amides is 1. The van der Waals surface area contributed by atoms with Crippen LogP contribution in [0.3, 0.4) is 0 Å². The van der Waals surface area contributed by atoms with Gasteiger partial charge >= 0.3 is 5.97 Å². The number of benzene rings is 1. The van der Waals surface area contributed by atoms with Gasteiger partial charge in [-0.25, -0.2) is 4.79 Å². The standard InChI is InChI=1S/C23H35NO3/c1-4-6-7-8-9-10-11-12-13-18-27-23(26)19(3)24-22(25)21-16-14-20(5-2)15-17-21/h4,14-17,19H,1,5-13,18H2,2-3H3,(H,24,25). The summed E-state index contributed by atoms with van der Waals surface area (Å²) in [6.45, 7) is 7.87. The zero-order chi connectivity index (χ0) is 19.9. The third-order valence-electron chi connectivity index (χ3n) is 4.62. The van der Waals surface area contributed by atoms with E-state index >= 15 is 0 Å². The second-order valence-corrected chi connectivity index (χ2v) is 6.97. The van der Waals surface area contributed by atoms with Gasteiger partial charge in [0.15, 0.2) is 0 Å². The summed E-state index contributed by atoms with van der Waals surface area (Å²) in [6.07, 6.45) is 12.1. The van der Waals surface area contributed by atoms with E-state index in [2.05, 4.69) is 18.8 Å². The molecule has 0 bridgehead atoms. The molecule has 1 rings (SSSR count). The number of carbonyl (C=O) groups is 2. The lowest BCUT2D eigenvalue weighted by Gasteiger charge is -2.13. The van der Waals surface area contributed by atoms with Crippen LogP contribution in [0.4, 0.5) is 0 Å². The lowest BCUT2D eigenvalue weighted by atomic mass is 10.1. The van der Waals surface area contributed by atoms with E-state index in [0.29, 0.717) is 12.2 Å². The Hall–Kier alpha value is -2.10. The van der Waals surface area contributed by atoms with Gasteiger partial charge in [-0.15, -0.1) is 6.58 Å². The Morgan fingerprint density at radius 1 is 1.04 bits per heavy atom. The van der Waals surface area contributed by atoms with E-state index in [9.17, 15) is 9.59 Å². The van der Waals surface area contributed by atoms with Crippen molar-refractivity contribution in [2.24, 2.45) is 0 Å². The summed E-state index contributed by atoms with van der Waals surface area (Å²) in [5, 5.41) is 2.70. The van der Waals surface area contributed by atoms with Gasteiger partial charge in [0.05, 0.1) is 6.61 Å². The molecule has 1 aromatic rings. The van der Waals surface area contributed by atoms with Crippen LogP contribution in [0.15, 0.2) is 36.9 Å². The summed E-state index contributed by atoms with van der Waals surface area (Å²) >= 11 is 0. The van der Waals surface area contributed by atoms with Crippen LogP contribution in [0.2, 0.25) is 0 Å². The first-order chi connectivity index (χ1) is 13.1. The summed E-state index contributed by atoms with van der Waals surface area (Å²) in [6, 6.07) is 6.77. The Balaban J connectivity index is 2.13. The SMILES string of the molecule is C=CCCCCCCCCCOC(=O)C(C)NC(=O)c1ccc(CC)cc1. The molecule has 1 N–H and O–H groups in total. The summed E-state index contributed by atoms with van der Waals surface area (Å²) in [4.78, 5) is 24.2. The molecule has 0 radical (unpaired) electrons. The molecular weight excluding hydrogens is 338 g/mol. The van der Waals surface area contributed by atoms with Gasteiger partial charge in [0.25, 0.3) is 5.91 Å². The smallest absolute Gasteiger partial charge is 0.328 e. The van der Waals surface area contributed by atoms with Crippen LogP contribution in [-0.2, 0) is 16.0 Å². The fraction of sp³-hybridized carbons (Fsp3) is 0.565. The Morgan fingerprint density at radius 2 is 1.63 bits per heavy atom. The Bertz CT molecular complexity index is 565. The van der Waals surface area contributed by atoms with Crippen molar-refractivity contribution < 1.29 is 14.3 Å².